The molecule has 0 aliphatic heterocycles. The van der Waals surface area contributed by atoms with Crippen LogP contribution in [-0.4, -0.2) is 47.1 Å². The zero-order valence-corrected chi connectivity index (χ0v) is 18.3. The van der Waals surface area contributed by atoms with Gasteiger partial charge < -0.3 is 14.8 Å². The molecule has 28 heavy (non-hydrogen) atoms. The van der Waals surface area contributed by atoms with Crippen LogP contribution in [0.5, 0.6) is 5.75 Å². The van der Waals surface area contributed by atoms with Crippen LogP contribution in [0.4, 0.5) is 0 Å². The van der Waals surface area contributed by atoms with Crippen molar-refractivity contribution < 1.29 is 27.5 Å². The topological polar surface area (TPSA) is 111 Å². The number of carbonyl (C=O) groups excluding carboxylic acids is 2. The average molecular weight is 415 g/mol. The van der Waals surface area contributed by atoms with E-state index in [1.54, 1.807) is 26.8 Å². The van der Waals surface area contributed by atoms with Crippen molar-refractivity contribution in [1.82, 2.24) is 10.0 Å². The van der Waals surface area contributed by atoms with Crippen LogP contribution in [0.1, 0.15) is 37.0 Å². The molecule has 0 fully saturated rings. The predicted octanol–water partition coefficient (Wildman–Crippen LogP) is 1.60. The van der Waals surface area contributed by atoms with Crippen LogP contribution in [0.25, 0.3) is 0 Å². The van der Waals surface area contributed by atoms with Crippen molar-refractivity contribution in [1.29, 1.82) is 0 Å². The quantitative estimate of drug-likeness (QED) is 0.594. The Hall–Kier alpha value is -2.13. The van der Waals surface area contributed by atoms with Crippen molar-refractivity contribution in [3.05, 3.63) is 22.8 Å². The first-order valence-electron chi connectivity index (χ1n) is 8.96. The number of aryl methyl sites for hydroxylation is 1. The number of nitrogens with one attached hydrogen (secondary N) is 2. The number of hydrogen-bond acceptors (Lipinski definition) is 6. The fraction of sp³-hybridized carbons (Fsp3) is 0.579. The fourth-order valence-electron chi connectivity index (χ4n) is 2.95. The van der Waals surface area contributed by atoms with Gasteiger partial charge in [-0.25, -0.2) is 17.9 Å². The Morgan fingerprint density at radius 2 is 1.71 bits per heavy atom. The minimum Gasteiger partial charge on any atom is -0.496 e. The lowest BCUT2D eigenvalue weighted by Gasteiger charge is -2.19. The molecule has 0 saturated carbocycles. The van der Waals surface area contributed by atoms with E-state index >= 15 is 0 Å². The third-order valence-corrected chi connectivity index (χ3v) is 6.11. The Balaban J connectivity index is 2.95. The maximum atomic E-state index is 12.8. The molecule has 1 aromatic carbocycles. The summed E-state index contributed by atoms with van der Waals surface area (Å²) in [5.74, 6) is -0.433. The highest BCUT2D eigenvalue weighted by atomic mass is 32.2. The summed E-state index contributed by atoms with van der Waals surface area (Å²) >= 11 is 0. The van der Waals surface area contributed by atoms with Crippen molar-refractivity contribution >= 4 is 21.9 Å². The summed E-state index contributed by atoms with van der Waals surface area (Å²) in [6, 6.07) is 0.820. The highest BCUT2D eigenvalue weighted by Crippen LogP contribution is 2.30. The van der Waals surface area contributed by atoms with Gasteiger partial charge in [0.05, 0.1) is 25.7 Å². The molecular weight excluding hydrogens is 384 g/mol. The van der Waals surface area contributed by atoms with Gasteiger partial charge in [0.2, 0.25) is 15.9 Å². The number of carbonyl (C=O) groups is 2. The molecule has 0 radical (unpaired) electrons. The van der Waals surface area contributed by atoms with Crippen LogP contribution in [0.15, 0.2) is 11.0 Å². The first kappa shape index (κ1) is 23.9. The second-order valence-corrected chi connectivity index (χ2v) is 8.78. The summed E-state index contributed by atoms with van der Waals surface area (Å²) < 4.78 is 37.8. The van der Waals surface area contributed by atoms with E-state index in [2.05, 4.69) is 10.0 Å². The van der Waals surface area contributed by atoms with Crippen LogP contribution in [0.3, 0.4) is 0 Å². The lowest BCUT2D eigenvalue weighted by molar-refractivity contribution is -0.145. The molecule has 9 heteroatoms. The first-order valence-corrected chi connectivity index (χ1v) is 10.4. The van der Waals surface area contributed by atoms with E-state index < -0.39 is 34.5 Å². The molecule has 0 heterocycles. The van der Waals surface area contributed by atoms with Gasteiger partial charge in [-0.3, -0.25) is 4.79 Å². The monoisotopic (exact) mass is 414 g/mol. The highest BCUT2D eigenvalue weighted by Gasteiger charge is 2.26. The van der Waals surface area contributed by atoms with Crippen LogP contribution in [-0.2, 0) is 24.3 Å². The number of methoxy groups -OCH3 is 2. The summed E-state index contributed by atoms with van der Waals surface area (Å²) in [4.78, 5) is 24.1. The van der Waals surface area contributed by atoms with Gasteiger partial charge in [-0.2, -0.15) is 0 Å². The van der Waals surface area contributed by atoms with E-state index in [0.717, 1.165) is 0 Å². The van der Waals surface area contributed by atoms with Crippen molar-refractivity contribution in [3.8, 4) is 5.75 Å². The Morgan fingerprint density at radius 1 is 1.11 bits per heavy atom. The Kier molecular flexibility index (Phi) is 8.44. The molecule has 8 nitrogen and oxygen atoms in total. The van der Waals surface area contributed by atoms with Crippen molar-refractivity contribution in [2.75, 3.05) is 20.8 Å². The van der Waals surface area contributed by atoms with Gasteiger partial charge in [0.25, 0.3) is 0 Å². The summed E-state index contributed by atoms with van der Waals surface area (Å²) in [6.07, 6.45) is 0.390. The molecule has 1 atom stereocenters. The zero-order valence-electron chi connectivity index (χ0n) is 17.5. The minimum absolute atomic E-state index is 0.116. The smallest absolute Gasteiger partial charge is 0.328 e. The number of ether oxygens (including phenoxy) is 2. The van der Waals surface area contributed by atoms with Gasteiger partial charge >= 0.3 is 5.97 Å². The Bertz CT molecular complexity index is 833. The van der Waals surface area contributed by atoms with E-state index in [1.807, 2.05) is 13.8 Å². The number of rotatable bonds is 9. The predicted molar refractivity (Wildman–Crippen MR) is 106 cm³/mol. The maximum Gasteiger partial charge on any atom is 0.328 e. The Morgan fingerprint density at radius 3 is 2.21 bits per heavy atom. The molecule has 2 N–H and O–H groups in total. The molecular formula is C19H30N2O6S. The van der Waals surface area contributed by atoms with Gasteiger partial charge in [0.1, 0.15) is 11.8 Å². The number of benzene rings is 1. The van der Waals surface area contributed by atoms with Gasteiger partial charge in [-0.1, -0.05) is 13.8 Å². The van der Waals surface area contributed by atoms with Gasteiger partial charge in [-0.05, 0) is 55.9 Å². The van der Waals surface area contributed by atoms with E-state index in [1.165, 1.54) is 14.2 Å². The van der Waals surface area contributed by atoms with Crippen molar-refractivity contribution in [3.63, 3.8) is 0 Å². The molecule has 0 aliphatic carbocycles. The number of sulfonamides is 1. The van der Waals surface area contributed by atoms with Crippen LogP contribution >= 0.6 is 0 Å². The third kappa shape index (κ3) is 5.93. The lowest BCUT2D eigenvalue weighted by atomic mass is 10.0. The number of hydrogen-bond donors (Lipinski definition) is 2. The van der Waals surface area contributed by atoms with Gasteiger partial charge in [0.15, 0.2) is 0 Å². The van der Waals surface area contributed by atoms with Crippen molar-refractivity contribution in [2.24, 2.45) is 5.92 Å². The normalized spacial score (nSPS) is 12.6. The summed E-state index contributed by atoms with van der Waals surface area (Å²) in [5, 5.41) is 2.52. The Labute approximate surface area is 167 Å². The minimum atomic E-state index is -3.93. The summed E-state index contributed by atoms with van der Waals surface area (Å²) in [6.45, 7) is 8.45. The van der Waals surface area contributed by atoms with Gasteiger partial charge in [-0.15, -0.1) is 0 Å². The number of esters is 1. The van der Waals surface area contributed by atoms with Crippen LogP contribution in [0.2, 0.25) is 0 Å². The van der Waals surface area contributed by atoms with E-state index in [9.17, 15) is 18.0 Å². The van der Waals surface area contributed by atoms with Crippen LogP contribution in [0, 0.1) is 26.7 Å². The van der Waals surface area contributed by atoms with Crippen LogP contribution < -0.4 is 14.8 Å². The molecule has 0 spiro atoms. The molecule has 1 rings (SSSR count). The highest BCUT2D eigenvalue weighted by molar-refractivity contribution is 7.89. The largest absolute Gasteiger partial charge is 0.496 e. The van der Waals surface area contributed by atoms with Crippen molar-refractivity contribution in [2.45, 2.75) is 52.0 Å². The molecule has 1 amide bonds. The van der Waals surface area contributed by atoms with E-state index in [-0.39, 0.29) is 10.8 Å². The fourth-order valence-corrected chi connectivity index (χ4v) is 4.46. The van der Waals surface area contributed by atoms with E-state index in [0.29, 0.717) is 28.9 Å². The summed E-state index contributed by atoms with van der Waals surface area (Å²) in [7, 11) is -1.17. The first-order chi connectivity index (χ1) is 12.9. The molecule has 0 aliphatic rings. The second kappa shape index (κ2) is 9.88. The van der Waals surface area contributed by atoms with E-state index in [4.69, 9.17) is 9.47 Å². The molecule has 0 aromatic heterocycles. The summed E-state index contributed by atoms with van der Waals surface area (Å²) in [5.41, 5.74) is 1.78. The average Bonchev–Trinajstić information content (AvgIpc) is 2.61. The maximum absolute atomic E-state index is 12.8. The van der Waals surface area contributed by atoms with Gasteiger partial charge in [0, 0.05) is 0 Å². The lowest BCUT2D eigenvalue weighted by Crippen LogP contribution is -2.46. The zero-order chi connectivity index (χ0) is 21.6. The molecule has 0 saturated heterocycles. The third-order valence-electron chi connectivity index (χ3n) is 4.42. The second-order valence-electron chi connectivity index (χ2n) is 7.07. The molecule has 1 aromatic rings. The molecule has 158 valence electrons. The molecule has 1 unspecified atom stereocenters. The number of amides is 1. The standard InChI is InChI=1S/C19H30N2O6S/c1-11(2)8-15(19(23)27-7)21-17(22)10-20-28(24,25)18-12(3)9-16(26-6)13(4)14(18)5/h9,11,15,20H,8,10H2,1-7H3,(H,21,22). The molecule has 0 bridgehead atoms. The SMILES string of the molecule is COC(=O)C(CC(C)C)NC(=O)CNS(=O)(=O)c1c(C)cc(OC)c(C)c1C.